The van der Waals surface area contributed by atoms with Crippen LogP contribution in [0.3, 0.4) is 0 Å². The van der Waals surface area contributed by atoms with E-state index in [2.05, 4.69) is 21.7 Å². The molecule has 0 unspecified atom stereocenters. The molecule has 0 radical (unpaired) electrons. The second-order valence-corrected chi connectivity index (χ2v) is 10.2. The molecule has 188 valence electrons. The monoisotopic (exact) mass is 497 g/mol. The average Bonchev–Trinajstić information content (AvgIpc) is 3.37. The summed E-state index contributed by atoms with van der Waals surface area (Å²) in [6.45, 7) is 0.105. The van der Waals surface area contributed by atoms with Crippen LogP contribution < -0.4 is 15.4 Å². The van der Waals surface area contributed by atoms with E-state index >= 15 is 0 Å². The molecule has 37 heavy (non-hydrogen) atoms. The van der Waals surface area contributed by atoms with Gasteiger partial charge in [0.15, 0.2) is 0 Å². The number of methoxy groups -OCH3 is 1. The number of hydrogen-bond donors (Lipinski definition) is 3. The molecule has 3 heterocycles. The number of amides is 3. The number of anilines is 1. The van der Waals surface area contributed by atoms with Crippen molar-refractivity contribution in [3.05, 3.63) is 59.8 Å². The lowest BCUT2D eigenvalue weighted by molar-refractivity contribution is -0.133. The van der Waals surface area contributed by atoms with Gasteiger partial charge in [0.25, 0.3) is 5.91 Å². The Labute approximate surface area is 213 Å². The van der Waals surface area contributed by atoms with Crippen molar-refractivity contribution < 1.29 is 19.1 Å². The van der Waals surface area contributed by atoms with E-state index in [1.165, 1.54) is 4.90 Å². The first-order valence-electron chi connectivity index (χ1n) is 12.5. The number of likely N-dealkylation sites (tertiary alicyclic amines) is 1. The largest absolute Gasteiger partial charge is 0.496 e. The number of nitrogens with one attached hydrogen (secondary N) is 3. The number of carbonyl (C=O) groups is 3. The molecule has 1 saturated heterocycles. The summed E-state index contributed by atoms with van der Waals surface area (Å²) >= 11 is 0. The Kier molecular flexibility index (Phi) is 5.41. The molecule has 2 aromatic carbocycles. The van der Waals surface area contributed by atoms with E-state index in [1.807, 2.05) is 42.5 Å². The van der Waals surface area contributed by atoms with Gasteiger partial charge in [-0.2, -0.15) is 5.26 Å². The molecule has 1 spiro atoms. The number of nitrogens with zero attached hydrogens (tertiary/aromatic N) is 2. The number of nitriles is 1. The van der Waals surface area contributed by atoms with Gasteiger partial charge < -0.3 is 25.3 Å². The van der Waals surface area contributed by atoms with Crippen molar-refractivity contribution in [1.82, 2.24) is 15.2 Å². The molecule has 3 aromatic rings. The topological polar surface area (TPSA) is 127 Å². The molecular weight excluding hydrogens is 470 g/mol. The summed E-state index contributed by atoms with van der Waals surface area (Å²) in [6.07, 6.45) is 2.73. The standard InChI is InChI=1S/C28H27N5O4/c1-37-24-8-4-7-20-18(24)12-22(30-20)25(34)31-23(11-16-9-10-16)26(35)33-15-28(13-17(33)14-29)19-5-2-3-6-21(19)32-27(28)36/h2-8,12,16-17,23,30H,9-11,13,15H2,1H3,(H,31,34)(H,32,36)/t17-,23-,28-/m0/s1. The van der Waals surface area contributed by atoms with Gasteiger partial charge in [0, 0.05) is 29.6 Å². The van der Waals surface area contributed by atoms with Crippen LogP contribution in [-0.2, 0) is 15.0 Å². The average molecular weight is 498 g/mol. The second kappa shape index (κ2) is 8.66. The highest BCUT2D eigenvalue weighted by molar-refractivity contribution is 6.07. The molecule has 3 N–H and O–H groups in total. The third-order valence-corrected chi connectivity index (χ3v) is 7.87. The van der Waals surface area contributed by atoms with Crippen LogP contribution >= 0.6 is 0 Å². The van der Waals surface area contributed by atoms with E-state index in [4.69, 9.17) is 4.74 Å². The van der Waals surface area contributed by atoms with E-state index in [-0.39, 0.29) is 24.8 Å². The summed E-state index contributed by atoms with van der Waals surface area (Å²) in [5, 5.41) is 16.6. The first-order chi connectivity index (χ1) is 17.9. The number of carbonyl (C=O) groups excluding carboxylic acids is 3. The van der Waals surface area contributed by atoms with Gasteiger partial charge in [-0.1, -0.05) is 37.1 Å². The van der Waals surface area contributed by atoms with Crippen LogP contribution in [0.2, 0.25) is 0 Å². The van der Waals surface area contributed by atoms with Crippen molar-refractivity contribution in [1.29, 1.82) is 5.26 Å². The smallest absolute Gasteiger partial charge is 0.268 e. The van der Waals surface area contributed by atoms with Crippen molar-refractivity contribution in [2.24, 2.45) is 5.92 Å². The minimum atomic E-state index is -0.964. The number of aromatic amines is 1. The van der Waals surface area contributed by atoms with Crippen LogP contribution in [0.5, 0.6) is 5.75 Å². The van der Waals surface area contributed by atoms with Gasteiger partial charge in [-0.3, -0.25) is 14.4 Å². The first kappa shape index (κ1) is 23.1. The van der Waals surface area contributed by atoms with E-state index < -0.39 is 23.4 Å². The highest BCUT2D eigenvalue weighted by Crippen LogP contribution is 2.46. The van der Waals surface area contributed by atoms with Crippen LogP contribution in [-0.4, -0.2) is 53.3 Å². The molecule has 3 amide bonds. The second-order valence-electron chi connectivity index (χ2n) is 10.2. The number of para-hydroxylation sites is 1. The van der Waals surface area contributed by atoms with E-state index in [1.54, 1.807) is 13.2 Å². The van der Waals surface area contributed by atoms with E-state index in [9.17, 15) is 19.6 Å². The van der Waals surface area contributed by atoms with Crippen molar-refractivity contribution >= 4 is 34.3 Å². The zero-order valence-corrected chi connectivity index (χ0v) is 20.4. The summed E-state index contributed by atoms with van der Waals surface area (Å²) in [7, 11) is 1.57. The van der Waals surface area contributed by atoms with Crippen molar-refractivity contribution in [3.8, 4) is 11.8 Å². The van der Waals surface area contributed by atoms with Crippen LogP contribution in [0.25, 0.3) is 10.9 Å². The fourth-order valence-electron chi connectivity index (χ4n) is 5.76. The van der Waals surface area contributed by atoms with E-state index in [0.29, 0.717) is 23.8 Å². The lowest BCUT2D eigenvalue weighted by atomic mass is 9.80. The summed E-state index contributed by atoms with van der Waals surface area (Å²) in [5.74, 6) is 0.0784. The number of aromatic nitrogens is 1. The quantitative estimate of drug-likeness (QED) is 0.482. The van der Waals surface area contributed by atoms with Crippen LogP contribution in [0, 0.1) is 17.2 Å². The molecule has 2 aliphatic heterocycles. The van der Waals surface area contributed by atoms with Gasteiger partial charge in [-0.15, -0.1) is 0 Å². The van der Waals surface area contributed by atoms with Gasteiger partial charge in [0.2, 0.25) is 11.8 Å². The molecule has 6 rings (SSSR count). The summed E-state index contributed by atoms with van der Waals surface area (Å²) in [5.41, 5.74) is 1.65. The van der Waals surface area contributed by atoms with Gasteiger partial charge in [0.05, 0.1) is 18.6 Å². The lowest BCUT2D eigenvalue weighted by Crippen LogP contribution is -2.51. The maximum atomic E-state index is 13.9. The maximum Gasteiger partial charge on any atom is 0.268 e. The molecule has 3 aliphatic rings. The number of rotatable bonds is 6. The SMILES string of the molecule is COc1cccc2[nH]c(C(=O)N[C@@H](CC3CC3)C(=O)N3C[C@]4(C[C@H]3C#N)C(=O)Nc3ccccc34)cc12. The molecule has 0 bridgehead atoms. The first-order valence-corrected chi connectivity index (χ1v) is 12.5. The molecule has 1 saturated carbocycles. The summed E-state index contributed by atoms with van der Waals surface area (Å²) in [4.78, 5) is 44.8. The molecule has 1 aromatic heterocycles. The third kappa shape index (κ3) is 3.80. The van der Waals surface area contributed by atoms with Crippen molar-refractivity contribution in [2.75, 3.05) is 19.0 Å². The Bertz CT molecular complexity index is 1470. The van der Waals surface area contributed by atoms with Gasteiger partial charge in [-0.05, 0) is 42.2 Å². The van der Waals surface area contributed by atoms with Crippen molar-refractivity contribution in [2.45, 2.75) is 43.2 Å². The lowest BCUT2D eigenvalue weighted by Gasteiger charge is -2.27. The Balaban J connectivity index is 1.27. The summed E-state index contributed by atoms with van der Waals surface area (Å²) in [6, 6.07) is 15.3. The fraction of sp³-hybridized carbons (Fsp3) is 0.357. The third-order valence-electron chi connectivity index (χ3n) is 7.87. The number of fused-ring (bicyclic) bond motifs is 3. The Morgan fingerprint density at radius 3 is 2.81 bits per heavy atom. The molecular formula is C28H27N5O4. The Morgan fingerprint density at radius 1 is 1.24 bits per heavy atom. The predicted molar refractivity (Wildman–Crippen MR) is 136 cm³/mol. The van der Waals surface area contributed by atoms with Crippen molar-refractivity contribution in [3.63, 3.8) is 0 Å². The fourth-order valence-corrected chi connectivity index (χ4v) is 5.76. The number of benzene rings is 2. The van der Waals surface area contributed by atoms with Gasteiger partial charge in [0.1, 0.15) is 23.5 Å². The van der Waals surface area contributed by atoms with Gasteiger partial charge in [-0.25, -0.2) is 0 Å². The van der Waals surface area contributed by atoms with E-state index in [0.717, 1.165) is 35.0 Å². The van der Waals surface area contributed by atoms with Crippen LogP contribution in [0.4, 0.5) is 5.69 Å². The normalized spacial score (nSPS) is 23.0. The molecule has 3 atom stereocenters. The molecule has 9 nitrogen and oxygen atoms in total. The number of ether oxygens (including phenoxy) is 1. The Morgan fingerprint density at radius 2 is 2.05 bits per heavy atom. The Hall–Kier alpha value is -4.32. The number of H-pyrrole nitrogens is 1. The molecule has 9 heteroatoms. The number of hydrogen-bond acceptors (Lipinski definition) is 5. The predicted octanol–water partition coefficient (Wildman–Crippen LogP) is 3.09. The highest BCUT2D eigenvalue weighted by atomic mass is 16.5. The minimum Gasteiger partial charge on any atom is -0.496 e. The van der Waals surface area contributed by atoms with Gasteiger partial charge >= 0.3 is 0 Å². The van der Waals surface area contributed by atoms with Crippen LogP contribution in [0.15, 0.2) is 48.5 Å². The minimum absolute atomic E-state index is 0.105. The zero-order valence-electron chi connectivity index (χ0n) is 20.4. The molecule has 1 aliphatic carbocycles. The molecule has 2 fully saturated rings. The summed E-state index contributed by atoms with van der Waals surface area (Å²) < 4.78 is 5.40. The highest BCUT2D eigenvalue weighted by Gasteiger charge is 2.56. The maximum absolute atomic E-state index is 13.9. The van der Waals surface area contributed by atoms with Crippen LogP contribution in [0.1, 0.15) is 41.7 Å². The zero-order chi connectivity index (χ0) is 25.7.